The summed E-state index contributed by atoms with van der Waals surface area (Å²) in [6, 6.07) is 12.1. The van der Waals surface area contributed by atoms with Crippen molar-refractivity contribution in [3.05, 3.63) is 42.0 Å². The lowest BCUT2D eigenvalue weighted by Gasteiger charge is -2.35. The fourth-order valence-electron chi connectivity index (χ4n) is 4.88. The van der Waals surface area contributed by atoms with Gasteiger partial charge in [0.15, 0.2) is 5.65 Å². The molecule has 1 saturated carbocycles. The number of pyridine rings is 1. The Kier molecular flexibility index (Phi) is 5.30. The zero-order valence-corrected chi connectivity index (χ0v) is 19.4. The molecule has 3 aromatic rings. The van der Waals surface area contributed by atoms with E-state index in [9.17, 15) is 4.79 Å². The topological polar surface area (TPSA) is 92.7 Å². The molecule has 3 aliphatic rings. The van der Waals surface area contributed by atoms with Gasteiger partial charge in [-0.25, -0.2) is 4.98 Å². The van der Waals surface area contributed by atoms with Gasteiger partial charge in [0.25, 0.3) is 5.91 Å². The highest BCUT2D eigenvalue weighted by Crippen LogP contribution is 2.38. The van der Waals surface area contributed by atoms with Crippen LogP contribution in [0.1, 0.15) is 23.7 Å². The van der Waals surface area contributed by atoms with Crippen molar-refractivity contribution in [2.75, 3.05) is 49.8 Å². The molecule has 2 saturated heterocycles. The number of nitrogens with zero attached hydrogens (tertiary/aromatic N) is 5. The van der Waals surface area contributed by atoms with Gasteiger partial charge in [-0.1, -0.05) is 12.1 Å². The molecule has 34 heavy (non-hydrogen) atoms. The van der Waals surface area contributed by atoms with Crippen molar-refractivity contribution in [1.82, 2.24) is 20.3 Å². The van der Waals surface area contributed by atoms with Gasteiger partial charge in [0.2, 0.25) is 5.95 Å². The third-order valence-electron chi connectivity index (χ3n) is 6.84. The van der Waals surface area contributed by atoms with Crippen LogP contribution in [-0.2, 0) is 9.47 Å². The summed E-state index contributed by atoms with van der Waals surface area (Å²) < 4.78 is 11.5. The molecule has 2 aromatic heterocycles. The fraction of sp³-hybridized carbons (Fsp3) is 0.440. The number of hydrogen-bond donors (Lipinski definition) is 1. The number of benzene rings is 1. The van der Waals surface area contributed by atoms with Crippen LogP contribution in [0.5, 0.6) is 0 Å². The second-order valence-corrected chi connectivity index (χ2v) is 9.10. The molecule has 3 atom stereocenters. The van der Waals surface area contributed by atoms with Gasteiger partial charge in [0, 0.05) is 31.3 Å². The Morgan fingerprint density at radius 1 is 1.09 bits per heavy atom. The summed E-state index contributed by atoms with van der Waals surface area (Å²) in [5.41, 5.74) is 2.90. The molecule has 0 bridgehead atoms. The normalized spacial score (nSPS) is 24.1. The minimum Gasteiger partial charge on any atom is -0.377 e. The van der Waals surface area contributed by atoms with E-state index in [1.54, 1.807) is 13.1 Å². The van der Waals surface area contributed by atoms with Gasteiger partial charge in [-0.05, 0) is 37.6 Å². The zero-order valence-electron chi connectivity index (χ0n) is 19.4. The molecule has 9 heteroatoms. The number of fused-ring (bicyclic) bond motifs is 2. The molecule has 1 aromatic carbocycles. The van der Waals surface area contributed by atoms with Gasteiger partial charge in [-0.2, -0.15) is 9.97 Å². The first-order valence-electron chi connectivity index (χ1n) is 11.9. The SMILES string of the molecule is CNC(=O)c1cccc(-c2ccc3c(N4CCOC[C@@H]4C)nc(N4CCO[C@H]5CC54)nc3n2)c1. The second-order valence-electron chi connectivity index (χ2n) is 9.10. The molecule has 9 nitrogen and oxygen atoms in total. The van der Waals surface area contributed by atoms with E-state index < -0.39 is 0 Å². The second kappa shape index (κ2) is 8.48. The van der Waals surface area contributed by atoms with Crippen LogP contribution in [0.15, 0.2) is 36.4 Å². The van der Waals surface area contributed by atoms with Gasteiger partial charge >= 0.3 is 0 Å². The van der Waals surface area contributed by atoms with Crippen LogP contribution in [0.25, 0.3) is 22.3 Å². The number of hydrogen-bond acceptors (Lipinski definition) is 8. The van der Waals surface area contributed by atoms with Gasteiger partial charge in [0.05, 0.1) is 49.1 Å². The molecule has 6 rings (SSSR count). The summed E-state index contributed by atoms with van der Waals surface area (Å²) >= 11 is 0. The van der Waals surface area contributed by atoms with E-state index >= 15 is 0 Å². The highest BCUT2D eigenvalue weighted by atomic mass is 16.5. The maximum Gasteiger partial charge on any atom is 0.251 e. The molecule has 0 radical (unpaired) electrons. The Labute approximate surface area is 198 Å². The van der Waals surface area contributed by atoms with Crippen LogP contribution in [-0.4, -0.2) is 79.0 Å². The van der Waals surface area contributed by atoms with E-state index in [0.717, 1.165) is 42.0 Å². The lowest BCUT2D eigenvalue weighted by molar-refractivity contribution is 0.0962. The van der Waals surface area contributed by atoms with Gasteiger partial charge in [0.1, 0.15) is 5.82 Å². The fourth-order valence-corrected chi connectivity index (χ4v) is 4.88. The number of amides is 1. The van der Waals surface area contributed by atoms with Crippen LogP contribution in [0, 0.1) is 0 Å². The Balaban J connectivity index is 1.46. The van der Waals surface area contributed by atoms with Gasteiger partial charge < -0.3 is 24.6 Å². The van der Waals surface area contributed by atoms with Crippen molar-refractivity contribution in [2.24, 2.45) is 0 Å². The highest BCUT2D eigenvalue weighted by molar-refractivity contribution is 5.95. The maximum absolute atomic E-state index is 12.1. The average molecular weight is 461 g/mol. The van der Waals surface area contributed by atoms with Crippen LogP contribution < -0.4 is 15.1 Å². The molecule has 2 aliphatic heterocycles. The Bertz CT molecular complexity index is 1250. The van der Waals surface area contributed by atoms with Crippen molar-refractivity contribution in [1.29, 1.82) is 0 Å². The van der Waals surface area contributed by atoms with E-state index in [4.69, 9.17) is 24.4 Å². The predicted octanol–water partition coefficient (Wildman–Crippen LogP) is 2.25. The number of aromatic nitrogens is 3. The van der Waals surface area contributed by atoms with Gasteiger partial charge in [-0.3, -0.25) is 4.79 Å². The Morgan fingerprint density at radius 2 is 1.97 bits per heavy atom. The largest absolute Gasteiger partial charge is 0.377 e. The monoisotopic (exact) mass is 460 g/mol. The number of rotatable bonds is 4. The number of morpholine rings is 2. The van der Waals surface area contributed by atoms with E-state index in [1.807, 2.05) is 30.3 Å². The van der Waals surface area contributed by atoms with E-state index in [-0.39, 0.29) is 18.1 Å². The number of carbonyl (C=O) groups excluding carboxylic acids is 1. The summed E-state index contributed by atoms with van der Waals surface area (Å²) in [6.07, 6.45) is 1.30. The lowest BCUT2D eigenvalue weighted by Crippen LogP contribution is -2.44. The average Bonchev–Trinajstić information content (AvgIpc) is 3.68. The molecular weight excluding hydrogens is 432 g/mol. The first-order valence-corrected chi connectivity index (χ1v) is 11.9. The molecular formula is C25H28N6O3. The molecule has 1 unspecified atom stereocenters. The summed E-state index contributed by atoms with van der Waals surface area (Å²) in [5, 5.41) is 3.60. The van der Waals surface area contributed by atoms with E-state index in [0.29, 0.717) is 43.0 Å². The number of nitrogens with one attached hydrogen (secondary N) is 1. The van der Waals surface area contributed by atoms with Crippen molar-refractivity contribution < 1.29 is 14.3 Å². The van der Waals surface area contributed by atoms with Crippen molar-refractivity contribution in [3.8, 4) is 11.3 Å². The minimum absolute atomic E-state index is 0.123. The van der Waals surface area contributed by atoms with E-state index in [1.165, 1.54) is 0 Å². The molecule has 4 heterocycles. The van der Waals surface area contributed by atoms with Crippen LogP contribution in [0.4, 0.5) is 11.8 Å². The lowest BCUT2D eigenvalue weighted by atomic mass is 10.1. The number of carbonyl (C=O) groups is 1. The minimum atomic E-state index is -0.123. The van der Waals surface area contributed by atoms with Crippen LogP contribution in [0.3, 0.4) is 0 Å². The first kappa shape index (κ1) is 21.2. The third-order valence-corrected chi connectivity index (χ3v) is 6.84. The molecule has 1 N–H and O–H groups in total. The summed E-state index contributed by atoms with van der Waals surface area (Å²) in [4.78, 5) is 31.6. The summed E-state index contributed by atoms with van der Waals surface area (Å²) in [6.45, 7) is 5.73. The van der Waals surface area contributed by atoms with Crippen molar-refractivity contribution in [3.63, 3.8) is 0 Å². The number of ether oxygens (including phenoxy) is 2. The van der Waals surface area contributed by atoms with Crippen LogP contribution >= 0.6 is 0 Å². The highest BCUT2D eigenvalue weighted by Gasteiger charge is 2.47. The molecule has 1 amide bonds. The smallest absolute Gasteiger partial charge is 0.251 e. The molecule has 3 fully saturated rings. The molecule has 0 spiro atoms. The van der Waals surface area contributed by atoms with Crippen molar-refractivity contribution >= 4 is 28.7 Å². The Morgan fingerprint density at radius 3 is 2.82 bits per heavy atom. The number of anilines is 2. The van der Waals surface area contributed by atoms with Crippen molar-refractivity contribution in [2.45, 2.75) is 31.5 Å². The maximum atomic E-state index is 12.1. The zero-order chi connectivity index (χ0) is 23.2. The first-order chi connectivity index (χ1) is 16.6. The molecule has 1 aliphatic carbocycles. The Hall–Kier alpha value is -3.30. The quantitative estimate of drug-likeness (QED) is 0.634. The van der Waals surface area contributed by atoms with Gasteiger partial charge in [-0.15, -0.1) is 0 Å². The predicted molar refractivity (Wildman–Crippen MR) is 129 cm³/mol. The van der Waals surface area contributed by atoms with E-state index in [2.05, 4.69) is 22.0 Å². The summed E-state index contributed by atoms with van der Waals surface area (Å²) in [5.74, 6) is 1.49. The van der Waals surface area contributed by atoms with Crippen LogP contribution in [0.2, 0.25) is 0 Å². The summed E-state index contributed by atoms with van der Waals surface area (Å²) in [7, 11) is 1.63. The third kappa shape index (κ3) is 3.74. The molecule has 176 valence electrons. The standard InChI is InChI=1S/C25H28N6O3/c1-15-14-33-10-8-30(15)23-18-6-7-19(16-4-3-5-17(12-16)24(32)26-2)27-22(18)28-25(29-23)31-9-11-34-21-13-20(21)31/h3-7,12,15,20-21H,8-11,13-14H2,1-2H3,(H,26,32)/t15-,20?,21-/m0/s1.